The molecule has 0 heterocycles. The van der Waals surface area contributed by atoms with Gasteiger partial charge in [-0.05, 0) is 85.2 Å². The molecule has 7 atom stereocenters. The quantitative estimate of drug-likeness (QED) is 0.452. The maximum Gasteiger partial charge on any atom is 0.330 e. The van der Waals surface area contributed by atoms with Gasteiger partial charge in [-0.2, -0.15) is 0 Å². The molecule has 4 rings (SSSR count). The van der Waals surface area contributed by atoms with Gasteiger partial charge in [-0.1, -0.05) is 59.8 Å². The minimum absolute atomic E-state index is 0.0194. The lowest BCUT2D eigenvalue weighted by atomic mass is 9.44. The monoisotopic (exact) mass is 468 g/mol. The van der Waals surface area contributed by atoms with Gasteiger partial charge in [-0.25, -0.2) is 4.79 Å². The third kappa shape index (κ3) is 3.34. The van der Waals surface area contributed by atoms with Crippen LogP contribution in [-0.4, -0.2) is 28.1 Å². The Morgan fingerprint density at radius 3 is 2.50 bits per heavy atom. The average molecular weight is 469 g/mol. The first-order chi connectivity index (χ1) is 15.7. The van der Waals surface area contributed by atoms with E-state index in [1.54, 1.807) is 6.92 Å². The summed E-state index contributed by atoms with van der Waals surface area (Å²) in [7, 11) is 0. The summed E-state index contributed by atoms with van der Waals surface area (Å²) in [5.74, 6) is 0.618. The van der Waals surface area contributed by atoms with Crippen molar-refractivity contribution < 1.29 is 19.8 Å². The Morgan fingerprint density at radius 2 is 1.85 bits per heavy atom. The van der Waals surface area contributed by atoms with E-state index in [-0.39, 0.29) is 21.7 Å². The van der Waals surface area contributed by atoms with E-state index in [2.05, 4.69) is 53.7 Å². The highest BCUT2D eigenvalue weighted by atomic mass is 16.4. The van der Waals surface area contributed by atoms with Crippen molar-refractivity contribution >= 4 is 11.8 Å². The molecular weight excluding hydrogens is 424 g/mol. The van der Waals surface area contributed by atoms with Crippen molar-refractivity contribution in [1.82, 2.24) is 0 Å². The van der Waals surface area contributed by atoms with Gasteiger partial charge in [-0.3, -0.25) is 4.79 Å². The van der Waals surface area contributed by atoms with Crippen LogP contribution in [0.15, 0.2) is 34.9 Å². The number of Topliss-reactive ketones (excluding diaryl/α,β-unsaturated/α-hetero) is 1. The molecule has 0 bridgehead atoms. The van der Waals surface area contributed by atoms with Gasteiger partial charge in [0.2, 0.25) is 0 Å². The van der Waals surface area contributed by atoms with E-state index in [1.165, 1.54) is 11.1 Å². The van der Waals surface area contributed by atoms with E-state index < -0.39 is 12.1 Å². The van der Waals surface area contributed by atoms with E-state index in [0.717, 1.165) is 38.5 Å². The van der Waals surface area contributed by atoms with Crippen LogP contribution in [0.1, 0.15) is 93.4 Å². The average Bonchev–Trinajstić information content (AvgIpc) is 2.98. The van der Waals surface area contributed by atoms with Crippen molar-refractivity contribution in [3.63, 3.8) is 0 Å². The number of fused-ring (bicyclic) bond motifs is 5. The second kappa shape index (κ2) is 8.18. The number of carbonyl (C=O) groups excluding carboxylic acids is 1. The van der Waals surface area contributed by atoms with Gasteiger partial charge in [0.1, 0.15) is 5.78 Å². The fourth-order valence-electron chi connectivity index (χ4n) is 8.60. The molecule has 0 saturated heterocycles. The summed E-state index contributed by atoms with van der Waals surface area (Å²) in [5, 5.41) is 20.8. The summed E-state index contributed by atoms with van der Waals surface area (Å²) < 4.78 is 0. The topological polar surface area (TPSA) is 74.6 Å². The lowest BCUT2D eigenvalue weighted by molar-refractivity contribution is -0.138. The Kier molecular flexibility index (Phi) is 6.12. The van der Waals surface area contributed by atoms with E-state index in [1.807, 2.05) is 6.08 Å². The molecule has 4 nitrogen and oxygen atoms in total. The van der Waals surface area contributed by atoms with Crippen LogP contribution in [0.4, 0.5) is 0 Å². The molecule has 4 aliphatic carbocycles. The molecule has 0 aromatic heterocycles. The maximum atomic E-state index is 12.8. The summed E-state index contributed by atoms with van der Waals surface area (Å²) in [5.41, 5.74) is 2.46. The molecule has 4 aliphatic rings. The molecule has 0 amide bonds. The number of carboxylic acid groups (broad SMARTS) is 1. The molecule has 2 N–H and O–H groups in total. The molecule has 2 saturated carbocycles. The maximum absolute atomic E-state index is 12.8. The van der Waals surface area contributed by atoms with Crippen molar-refractivity contribution in [2.45, 2.75) is 99.5 Å². The molecule has 0 radical (unpaired) electrons. The first-order valence-corrected chi connectivity index (χ1v) is 13.2. The van der Waals surface area contributed by atoms with Crippen LogP contribution in [0.2, 0.25) is 0 Å². The number of hydrogen-bond donors (Lipinski definition) is 2. The molecule has 0 spiro atoms. The van der Waals surface area contributed by atoms with Gasteiger partial charge in [0, 0.05) is 22.8 Å². The Morgan fingerprint density at radius 1 is 1.18 bits per heavy atom. The second-order valence-corrected chi connectivity index (χ2v) is 13.0. The number of aliphatic hydroxyl groups is 1. The first kappa shape index (κ1) is 25.4. The third-order valence-electron chi connectivity index (χ3n) is 11.2. The van der Waals surface area contributed by atoms with Crippen molar-refractivity contribution in [3.8, 4) is 0 Å². The van der Waals surface area contributed by atoms with Gasteiger partial charge >= 0.3 is 5.97 Å². The zero-order valence-corrected chi connectivity index (χ0v) is 22.2. The fraction of sp³-hybridized carbons (Fsp3) is 0.733. The van der Waals surface area contributed by atoms with Crippen LogP contribution in [-0.2, 0) is 9.59 Å². The Bertz CT molecular complexity index is 984. The molecule has 188 valence electrons. The van der Waals surface area contributed by atoms with E-state index in [0.29, 0.717) is 35.5 Å². The lowest BCUT2D eigenvalue weighted by Gasteiger charge is -2.60. The highest BCUT2D eigenvalue weighted by Crippen LogP contribution is 2.71. The summed E-state index contributed by atoms with van der Waals surface area (Å²) in [6.45, 7) is 15.2. The molecule has 2 fully saturated rings. The number of aliphatic carboxylic acids is 1. The molecule has 1 unspecified atom stereocenters. The SMILES string of the molecule is C/C(=C\CC[C@@H](C)[C@H]1CC(O)[C@@]2(C)C3=CC[C@H]4C(C)(C)C(=O)CC[C@]4(C)C3=CC[C@]12C)C(=O)O. The van der Waals surface area contributed by atoms with Crippen molar-refractivity contribution in [3.05, 3.63) is 34.9 Å². The zero-order valence-electron chi connectivity index (χ0n) is 22.2. The summed E-state index contributed by atoms with van der Waals surface area (Å²) in [6, 6.07) is 0. The van der Waals surface area contributed by atoms with Crippen LogP contribution in [0.25, 0.3) is 0 Å². The Hall–Kier alpha value is -1.68. The standard InChI is InChI=1S/C30H44O4/c1-18(9-8-10-19(2)26(33)34)22-17-25(32)30(7)21-11-12-23-27(3,4)24(31)14-15-28(23,5)20(21)13-16-29(22,30)6/h10-11,13,18,22-23,25,32H,8-9,12,14-17H2,1-7H3,(H,33,34)/b19-10+/t18-,22-,23+,25?,28-,29-,30-/m1/s1. The number of carbonyl (C=O) groups is 2. The minimum Gasteiger partial charge on any atom is -0.478 e. The number of ketones is 1. The minimum atomic E-state index is -0.850. The van der Waals surface area contributed by atoms with E-state index in [9.17, 15) is 14.7 Å². The van der Waals surface area contributed by atoms with Crippen LogP contribution < -0.4 is 0 Å². The van der Waals surface area contributed by atoms with Crippen LogP contribution >= 0.6 is 0 Å². The molecule has 34 heavy (non-hydrogen) atoms. The summed E-state index contributed by atoms with van der Waals surface area (Å²) >= 11 is 0. The summed E-state index contributed by atoms with van der Waals surface area (Å²) in [4.78, 5) is 23.9. The third-order valence-corrected chi connectivity index (χ3v) is 11.2. The molecule has 0 aromatic rings. The summed E-state index contributed by atoms with van der Waals surface area (Å²) in [6.07, 6.45) is 12.2. The molecule has 4 heteroatoms. The smallest absolute Gasteiger partial charge is 0.330 e. The highest BCUT2D eigenvalue weighted by Gasteiger charge is 2.66. The molecular formula is C30H44O4. The van der Waals surface area contributed by atoms with Crippen molar-refractivity contribution in [2.75, 3.05) is 0 Å². The fourth-order valence-corrected chi connectivity index (χ4v) is 8.60. The predicted octanol–water partition coefficient (Wildman–Crippen LogP) is 6.50. The molecule has 0 aliphatic heterocycles. The van der Waals surface area contributed by atoms with Crippen molar-refractivity contribution in [1.29, 1.82) is 0 Å². The van der Waals surface area contributed by atoms with Crippen molar-refractivity contribution in [2.24, 2.45) is 39.4 Å². The van der Waals surface area contributed by atoms with Gasteiger partial charge < -0.3 is 10.2 Å². The Balaban J connectivity index is 1.66. The Labute approximate surface area is 205 Å². The van der Waals surface area contributed by atoms with Crippen LogP contribution in [0, 0.1) is 39.4 Å². The normalized spacial score (nSPS) is 42.2. The largest absolute Gasteiger partial charge is 0.478 e. The number of carboxylic acids is 1. The predicted molar refractivity (Wildman–Crippen MR) is 135 cm³/mol. The molecule has 0 aromatic carbocycles. The van der Waals surface area contributed by atoms with Crippen LogP contribution in [0.5, 0.6) is 0 Å². The van der Waals surface area contributed by atoms with Gasteiger partial charge in [0.05, 0.1) is 6.10 Å². The number of rotatable bonds is 5. The first-order valence-electron chi connectivity index (χ1n) is 13.2. The number of allylic oxidation sites excluding steroid dienone is 4. The van der Waals surface area contributed by atoms with Gasteiger partial charge in [0.25, 0.3) is 0 Å². The van der Waals surface area contributed by atoms with E-state index in [4.69, 9.17) is 5.11 Å². The number of hydrogen-bond acceptors (Lipinski definition) is 3. The van der Waals surface area contributed by atoms with Gasteiger partial charge in [-0.15, -0.1) is 0 Å². The van der Waals surface area contributed by atoms with Gasteiger partial charge in [0.15, 0.2) is 0 Å². The zero-order chi connectivity index (χ0) is 25.3. The number of aliphatic hydroxyl groups excluding tert-OH is 1. The lowest BCUT2D eigenvalue weighted by Crippen LogP contribution is -2.54. The van der Waals surface area contributed by atoms with Crippen LogP contribution in [0.3, 0.4) is 0 Å². The highest BCUT2D eigenvalue weighted by molar-refractivity contribution is 5.86. The second-order valence-electron chi connectivity index (χ2n) is 13.0. The van der Waals surface area contributed by atoms with E-state index >= 15 is 0 Å².